The first kappa shape index (κ1) is 15.2. The average Bonchev–Trinajstić information content (AvgIpc) is 2.64. The molecule has 0 spiro atoms. The van der Waals surface area contributed by atoms with Crippen LogP contribution in [0.2, 0.25) is 0 Å². The first-order valence-electron chi connectivity index (χ1n) is 6.29. The van der Waals surface area contributed by atoms with Crippen molar-refractivity contribution in [2.75, 3.05) is 12.0 Å². The fourth-order valence-electron chi connectivity index (χ4n) is 2.51. The van der Waals surface area contributed by atoms with Gasteiger partial charge >= 0.3 is 5.97 Å². The van der Waals surface area contributed by atoms with E-state index in [1.807, 2.05) is 0 Å². The van der Waals surface area contributed by atoms with Crippen LogP contribution in [0, 0.1) is 17.0 Å². The number of benzene rings is 1. The van der Waals surface area contributed by atoms with Crippen molar-refractivity contribution in [3.63, 3.8) is 0 Å². The molecule has 1 N–H and O–H groups in total. The lowest BCUT2D eigenvalue weighted by Gasteiger charge is -2.24. The molecule has 0 saturated carbocycles. The molecule has 1 amide bonds. The number of nitrogens with zero attached hydrogens (tertiary/aromatic N) is 1. The molecule has 0 bridgehead atoms. The normalized spacial score (nSPS) is 20.7. The van der Waals surface area contributed by atoms with Crippen molar-refractivity contribution < 1.29 is 28.2 Å². The maximum atomic E-state index is 13.8. The minimum atomic E-state index is -1.25. The van der Waals surface area contributed by atoms with E-state index in [0.29, 0.717) is 0 Å². The number of aliphatic carboxylic acids is 1. The third-order valence-electron chi connectivity index (χ3n) is 3.59. The Balaban J connectivity index is 2.61. The summed E-state index contributed by atoms with van der Waals surface area (Å²) in [6.07, 6.45) is 0.0727. The number of rotatable bonds is 3. The highest BCUT2D eigenvalue weighted by atomic mass is 19.2. The molecule has 0 radical (unpaired) electrons. The monoisotopic (exact) mass is 299 g/mol. The summed E-state index contributed by atoms with van der Waals surface area (Å²) >= 11 is 0. The third kappa shape index (κ3) is 2.32. The van der Waals surface area contributed by atoms with Crippen molar-refractivity contribution in [3.05, 3.63) is 23.8 Å². The van der Waals surface area contributed by atoms with Gasteiger partial charge < -0.3 is 9.84 Å². The number of anilines is 1. The molecule has 0 aliphatic carbocycles. The lowest BCUT2D eigenvalue weighted by Crippen LogP contribution is -2.40. The summed E-state index contributed by atoms with van der Waals surface area (Å²) in [7, 11) is 1.13. The lowest BCUT2D eigenvalue weighted by molar-refractivity contribution is -0.138. The van der Waals surface area contributed by atoms with E-state index in [9.17, 15) is 23.5 Å². The summed E-state index contributed by atoms with van der Waals surface area (Å²) in [5.74, 6) is -4.54. The first-order chi connectivity index (χ1) is 9.70. The number of halogens is 2. The Morgan fingerprint density at radius 1 is 1.43 bits per heavy atom. The standard InChI is InChI=1S/C14H15F2NO4/c1-14(2)6-9(12(18)19)17(13(14)20)8-5-4-7(15)10(16)11(8)21-3/h4-5,9H,6H2,1-3H3,(H,18,19). The molecular formula is C14H15F2NO4. The number of hydrogen-bond donors (Lipinski definition) is 1. The molecule has 5 nitrogen and oxygen atoms in total. The molecule has 1 fully saturated rings. The molecule has 1 atom stereocenters. The van der Waals surface area contributed by atoms with Crippen molar-refractivity contribution in [1.29, 1.82) is 0 Å². The summed E-state index contributed by atoms with van der Waals surface area (Å²) in [6.45, 7) is 3.22. The van der Waals surface area contributed by atoms with Crippen LogP contribution in [0.5, 0.6) is 5.75 Å². The van der Waals surface area contributed by atoms with E-state index in [1.165, 1.54) is 0 Å². The lowest BCUT2D eigenvalue weighted by atomic mass is 9.90. The Kier molecular flexibility index (Phi) is 3.61. The molecule has 1 unspecified atom stereocenters. The number of carboxylic acids is 1. The Morgan fingerprint density at radius 2 is 2.05 bits per heavy atom. The molecule has 1 heterocycles. The van der Waals surface area contributed by atoms with E-state index in [4.69, 9.17) is 4.74 Å². The quantitative estimate of drug-likeness (QED) is 0.929. The SMILES string of the molecule is COc1c(N2C(=O)C(C)(C)CC2C(=O)O)ccc(F)c1F. The van der Waals surface area contributed by atoms with Gasteiger partial charge in [0.05, 0.1) is 12.8 Å². The van der Waals surface area contributed by atoms with Crippen LogP contribution >= 0.6 is 0 Å². The van der Waals surface area contributed by atoms with Crippen LogP contribution in [0.25, 0.3) is 0 Å². The molecule has 1 aliphatic heterocycles. The molecule has 114 valence electrons. The minimum Gasteiger partial charge on any atom is -0.491 e. The van der Waals surface area contributed by atoms with Crippen molar-refractivity contribution >= 4 is 17.6 Å². The Morgan fingerprint density at radius 3 is 2.57 bits per heavy atom. The Hall–Kier alpha value is -2.18. The minimum absolute atomic E-state index is 0.0727. The Labute approximate surface area is 120 Å². The van der Waals surface area contributed by atoms with Crippen molar-refractivity contribution in [2.45, 2.75) is 26.3 Å². The van der Waals surface area contributed by atoms with Gasteiger partial charge in [-0.3, -0.25) is 9.69 Å². The number of hydrogen-bond acceptors (Lipinski definition) is 3. The van der Waals surface area contributed by atoms with Gasteiger partial charge in [-0.05, 0) is 18.6 Å². The summed E-state index contributed by atoms with van der Waals surface area (Å²) in [4.78, 5) is 24.7. The van der Waals surface area contributed by atoms with Crippen LogP contribution in [-0.4, -0.2) is 30.1 Å². The highest BCUT2D eigenvalue weighted by Crippen LogP contribution is 2.43. The number of ether oxygens (including phenoxy) is 1. The molecular weight excluding hydrogens is 284 g/mol. The third-order valence-corrected chi connectivity index (χ3v) is 3.59. The molecule has 2 rings (SSSR count). The van der Waals surface area contributed by atoms with Gasteiger partial charge in [-0.15, -0.1) is 0 Å². The fraction of sp³-hybridized carbons (Fsp3) is 0.429. The predicted molar refractivity (Wildman–Crippen MR) is 70.2 cm³/mol. The molecule has 0 aromatic heterocycles. The molecule has 1 saturated heterocycles. The largest absolute Gasteiger partial charge is 0.491 e. The van der Waals surface area contributed by atoms with Gasteiger partial charge in [0.2, 0.25) is 11.7 Å². The van der Waals surface area contributed by atoms with E-state index in [1.54, 1.807) is 13.8 Å². The number of amides is 1. The van der Waals surface area contributed by atoms with Crippen molar-refractivity contribution in [3.8, 4) is 5.75 Å². The van der Waals surface area contributed by atoms with Gasteiger partial charge in [0.1, 0.15) is 6.04 Å². The van der Waals surface area contributed by atoms with E-state index >= 15 is 0 Å². The predicted octanol–water partition coefficient (Wildman–Crippen LogP) is 2.19. The first-order valence-corrected chi connectivity index (χ1v) is 6.29. The zero-order valence-electron chi connectivity index (χ0n) is 11.8. The molecule has 7 heteroatoms. The van der Waals surface area contributed by atoms with Crippen LogP contribution < -0.4 is 9.64 Å². The van der Waals surface area contributed by atoms with Crippen molar-refractivity contribution in [1.82, 2.24) is 0 Å². The number of carboxylic acid groups (broad SMARTS) is 1. The average molecular weight is 299 g/mol. The fourth-order valence-corrected chi connectivity index (χ4v) is 2.51. The maximum absolute atomic E-state index is 13.8. The second-order valence-electron chi connectivity index (χ2n) is 5.53. The van der Waals surface area contributed by atoms with Crippen molar-refractivity contribution in [2.24, 2.45) is 5.41 Å². The number of carbonyl (C=O) groups is 2. The smallest absolute Gasteiger partial charge is 0.326 e. The summed E-state index contributed by atoms with van der Waals surface area (Å²) < 4.78 is 31.9. The van der Waals surface area contributed by atoms with E-state index < -0.39 is 40.7 Å². The maximum Gasteiger partial charge on any atom is 0.326 e. The van der Waals surface area contributed by atoms with Crippen LogP contribution in [0.3, 0.4) is 0 Å². The second kappa shape index (κ2) is 4.98. The van der Waals surface area contributed by atoms with Gasteiger partial charge in [-0.25, -0.2) is 9.18 Å². The van der Waals surface area contributed by atoms with E-state index in [2.05, 4.69) is 0 Å². The van der Waals surface area contributed by atoms with Gasteiger partial charge in [-0.1, -0.05) is 13.8 Å². The summed E-state index contributed by atoms with van der Waals surface area (Å²) in [5.41, 5.74) is -0.988. The van der Waals surface area contributed by atoms with Crippen LogP contribution in [0.4, 0.5) is 14.5 Å². The molecule has 21 heavy (non-hydrogen) atoms. The summed E-state index contributed by atoms with van der Waals surface area (Å²) in [6, 6.07) is 0.836. The van der Waals surface area contributed by atoms with Crippen LogP contribution in [0.15, 0.2) is 12.1 Å². The zero-order chi connectivity index (χ0) is 15.9. The Bertz CT molecular complexity index is 615. The molecule has 1 aromatic rings. The van der Waals surface area contributed by atoms with E-state index in [-0.39, 0.29) is 12.1 Å². The molecule has 1 aromatic carbocycles. The zero-order valence-corrected chi connectivity index (χ0v) is 11.8. The van der Waals surface area contributed by atoms with Gasteiger partial charge in [0, 0.05) is 5.41 Å². The van der Waals surface area contributed by atoms with Crippen LogP contribution in [-0.2, 0) is 9.59 Å². The molecule has 1 aliphatic rings. The van der Waals surface area contributed by atoms with Gasteiger partial charge in [0.15, 0.2) is 11.6 Å². The van der Waals surface area contributed by atoms with E-state index in [0.717, 1.165) is 24.1 Å². The highest BCUT2D eigenvalue weighted by molar-refractivity contribution is 6.06. The highest BCUT2D eigenvalue weighted by Gasteiger charge is 2.50. The van der Waals surface area contributed by atoms with Gasteiger partial charge in [-0.2, -0.15) is 4.39 Å². The summed E-state index contributed by atoms with van der Waals surface area (Å²) in [5, 5.41) is 9.28. The topological polar surface area (TPSA) is 66.8 Å². The van der Waals surface area contributed by atoms with Gasteiger partial charge in [0.25, 0.3) is 0 Å². The number of carbonyl (C=O) groups excluding carboxylic acids is 1. The second-order valence-corrected chi connectivity index (χ2v) is 5.53. The van der Waals surface area contributed by atoms with Crippen LogP contribution in [0.1, 0.15) is 20.3 Å². The number of methoxy groups -OCH3 is 1.